The summed E-state index contributed by atoms with van der Waals surface area (Å²) in [5.41, 5.74) is 2.17. The zero-order valence-corrected chi connectivity index (χ0v) is 14.2. The number of anilines is 2. The van der Waals surface area contributed by atoms with Gasteiger partial charge in [0.15, 0.2) is 0 Å². The van der Waals surface area contributed by atoms with Crippen LogP contribution in [-0.2, 0) is 0 Å². The molecular formula is C17H19ClN6. The van der Waals surface area contributed by atoms with Crippen LogP contribution in [0.5, 0.6) is 0 Å². The van der Waals surface area contributed by atoms with Crippen molar-refractivity contribution in [3.05, 3.63) is 47.4 Å². The lowest BCUT2D eigenvalue weighted by Crippen LogP contribution is -2.23. The molecule has 1 unspecified atom stereocenters. The summed E-state index contributed by atoms with van der Waals surface area (Å²) in [4.78, 5) is 10.9. The number of benzene rings is 1. The molecule has 7 heteroatoms. The summed E-state index contributed by atoms with van der Waals surface area (Å²) in [5, 5.41) is 8.52. The van der Waals surface area contributed by atoms with Gasteiger partial charge in [0.2, 0.25) is 0 Å². The van der Waals surface area contributed by atoms with Crippen molar-refractivity contribution in [3.8, 4) is 0 Å². The lowest BCUT2D eigenvalue weighted by molar-refractivity contribution is 0.619. The minimum absolute atomic E-state index is 0.590. The van der Waals surface area contributed by atoms with Gasteiger partial charge in [0, 0.05) is 42.1 Å². The van der Waals surface area contributed by atoms with Gasteiger partial charge in [-0.3, -0.25) is 0 Å². The fourth-order valence-electron chi connectivity index (χ4n) is 3.19. The van der Waals surface area contributed by atoms with Gasteiger partial charge in [0.05, 0.1) is 0 Å². The second kappa shape index (κ2) is 6.28. The molecule has 1 N–H and O–H groups in total. The zero-order valence-electron chi connectivity index (χ0n) is 13.5. The van der Waals surface area contributed by atoms with Crippen LogP contribution in [0.2, 0.25) is 5.02 Å². The van der Waals surface area contributed by atoms with E-state index in [0.717, 1.165) is 36.2 Å². The van der Waals surface area contributed by atoms with Crippen molar-refractivity contribution in [3.63, 3.8) is 0 Å². The molecule has 0 amide bonds. The number of hydrogen-bond donors (Lipinski definition) is 1. The molecule has 2 aromatic heterocycles. The van der Waals surface area contributed by atoms with Gasteiger partial charge in [-0.15, -0.1) is 0 Å². The molecule has 1 aromatic carbocycles. The highest BCUT2D eigenvalue weighted by molar-refractivity contribution is 6.30. The highest BCUT2D eigenvalue weighted by Gasteiger charge is 2.22. The third-order valence-electron chi connectivity index (χ3n) is 4.43. The van der Waals surface area contributed by atoms with Crippen molar-refractivity contribution < 1.29 is 0 Å². The number of nitrogens with zero attached hydrogens (tertiary/aromatic N) is 5. The second-order valence-electron chi connectivity index (χ2n) is 6.21. The van der Waals surface area contributed by atoms with E-state index < -0.39 is 0 Å². The number of aromatic nitrogens is 4. The number of halogens is 1. The van der Waals surface area contributed by atoms with Crippen molar-refractivity contribution >= 4 is 28.9 Å². The maximum absolute atomic E-state index is 5.97. The molecule has 24 heavy (non-hydrogen) atoms. The lowest BCUT2D eigenvalue weighted by Gasteiger charge is -2.19. The van der Waals surface area contributed by atoms with Gasteiger partial charge in [-0.25, -0.2) is 4.98 Å². The third kappa shape index (κ3) is 3.01. The molecule has 3 heterocycles. The lowest BCUT2D eigenvalue weighted by atomic mass is 10.1. The van der Waals surface area contributed by atoms with E-state index in [1.807, 2.05) is 25.1 Å². The molecule has 124 valence electrons. The fourth-order valence-corrected chi connectivity index (χ4v) is 3.32. The molecule has 1 aliphatic heterocycles. The first-order valence-corrected chi connectivity index (χ1v) is 8.48. The molecule has 4 rings (SSSR count). The van der Waals surface area contributed by atoms with E-state index in [0.29, 0.717) is 11.7 Å². The normalized spacial score (nSPS) is 17.6. The maximum Gasteiger partial charge on any atom is 0.254 e. The number of nitrogens with one attached hydrogen (secondary N) is 1. The molecular weight excluding hydrogens is 324 g/mol. The predicted molar refractivity (Wildman–Crippen MR) is 95.8 cm³/mol. The van der Waals surface area contributed by atoms with Gasteiger partial charge >= 0.3 is 0 Å². The largest absolute Gasteiger partial charge is 0.371 e. The number of rotatable bonds is 4. The van der Waals surface area contributed by atoms with Crippen LogP contribution < -0.4 is 10.2 Å². The molecule has 0 radical (unpaired) electrons. The molecule has 0 spiro atoms. The van der Waals surface area contributed by atoms with E-state index >= 15 is 0 Å². The SMILES string of the molecule is Cc1cc(NCC2CCN(c3ccc(Cl)cc3)C2)n2ncnc2n1. The smallest absolute Gasteiger partial charge is 0.254 e. The van der Waals surface area contributed by atoms with Crippen LogP contribution >= 0.6 is 11.6 Å². The summed E-state index contributed by atoms with van der Waals surface area (Å²) in [7, 11) is 0. The van der Waals surface area contributed by atoms with Crippen LogP contribution in [-0.4, -0.2) is 39.2 Å². The molecule has 6 nitrogen and oxygen atoms in total. The van der Waals surface area contributed by atoms with Gasteiger partial charge in [0.1, 0.15) is 12.1 Å². The molecule has 0 saturated carbocycles. The maximum atomic E-state index is 5.97. The van der Waals surface area contributed by atoms with Crippen LogP contribution in [0.25, 0.3) is 5.78 Å². The number of fused-ring (bicyclic) bond motifs is 1. The van der Waals surface area contributed by atoms with E-state index in [4.69, 9.17) is 11.6 Å². The van der Waals surface area contributed by atoms with Crippen LogP contribution in [0.15, 0.2) is 36.7 Å². The van der Waals surface area contributed by atoms with Gasteiger partial charge in [0.25, 0.3) is 5.78 Å². The van der Waals surface area contributed by atoms with Gasteiger partial charge < -0.3 is 10.2 Å². The Bertz CT molecular complexity index is 844. The Morgan fingerprint density at radius 1 is 1.29 bits per heavy atom. The summed E-state index contributed by atoms with van der Waals surface area (Å²) in [6.07, 6.45) is 2.70. The Kier molecular flexibility index (Phi) is 3.98. The molecule has 0 aliphatic carbocycles. The number of aryl methyl sites for hydroxylation is 1. The van der Waals surface area contributed by atoms with E-state index in [2.05, 4.69) is 37.4 Å². The van der Waals surface area contributed by atoms with E-state index in [1.165, 1.54) is 18.4 Å². The number of hydrogen-bond acceptors (Lipinski definition) is 5. The first kappa shape index (κ1) is 15.2. The fraction of sp³-hybridized carbons (Fsp3) is 0.353. The van der Waals surface area contributed by atoms with E-state index in [9.17, 15) is 0 Å². The van der Waals surface area contributed by atoms with Crippen molar-refractivity contribution in [2.75, 3.05) is 29.9 Å². The summed E-state index contributed by atoms with van der Waals surface area (Å²) >= 11 is 5.97. The monoisotopic (exact) mass is 342 g/mol. The Morgan fingerprint density at radius 3 is 2.96 bits per heavy atom. The first-order chi connectivity index (χ1) is 11.7. The summed E-state index contributed by atoms with van der Waals surface area (Å²) in [5.74, 6) is 2.17. The summed E-state index contributed by atoms with van der Waals surface area (Å²) < 4.78 is 1.75. The summed E-state index contributed by atoms with van der Waals surface area (Å²) in [6.45, 7) is 4.99. The van der Waals surface area contributed by atoms with Gasteiger partial charge in [-0.2, -0.15) is 14.6 Å². The van der Waals surface area contributed by atoms with E-state index in [1.54, 1.807) is 4.52 Å². The van der Waals surface area contributed by atoms with Crippen molar-refractivity contribution in [1.29, 1.82) is 0 Å². The Morgan fingerprint density at radius 2 is 2.12 bits per heavy atom. The molecule has 0 bridgehead atoms. The minimum Gasteiger partial charge on any atom is -0.371 e. The quantitative estimate of drug-likeness (QED) is 0.789. The van der Waals surface area contributed by atoms with Crippen LogP contribution in [0, 0.1) is 12.8 Å². The molecule has 1 saturated heterocycles. The minimum atomic E-state index is 0.590. The topological polar surface area (TPSA) is 58.4 Å². The van der Waals surface area contributed by atoms with Crippen LogP contribution in [0.4, 0.5) is 11.5 Å². The third-order valence-corrected chi connectivity index (χ3v) is 4.68. The Hall–Kier alpha value is -2.34. The van der Waals surface area contributed by atoms with Gasteiger partial charge in [-0.05, 0) is 43.5 Å². The second-order valence-corrected chi connectivity index (χ2v) is 6.65. The standard InChI is InChI=1S/C17H19ClN6/c1-12-8-16(24-17(22-12)20-11-21-24)19-9-13-6-7-23(10-13)15-4-2-14(18)3-5-15/h2-5,8,11,13,19H,6-7,9-10H2,1H3. The van der Waals surface area contributed by atoms with Gasteiger partial charge in [-0.1, -0.05) is 11.6 Å². The Balaban J connectivity index is 1.41. The average Bonchev–Trinajstić information content (AvgIpc) is 3.22. The summed E-state index contributed by atoms with van der Waals surface area (Å²) in [6, 6.07) is 10.1. The first-order valence-electron chi connectivity index (χ1n) is 8.11. The van der Waals surface area contributed by atoms with Crippen molar-refractivity contribution in [2.45, 2.75) is 13.3 Å². The molecule has 1 atom stereocenters. The highest BCUT2D eigenvalue weighted by atomic mass is 35.5. The van der Waals surface area contributed by atoms with Crippen LogP contribution in [0.1, 0.15) is 12.1 Å². The molecule has 3 aromatic rings. The van der Waals surface area contributed by atoms with E-state index in [-0.39, 0.29) is 0 Å². The molecule has 1 fully saturated rings. The highest BCUT2D eigenvalue weighted by Crippen LogP contribution is 2.25. The molecule has 1 aliphatic rings. The zero-order chi connectivity index (χ0) is 16.5. The van der Waals surface area contributed by atoms with Crippen molar-refractivity contribution in [2.24, 2.45) is 5.92 Å². The Labute approximate surface area is 145 Å². The predicted octanol–water partition coefficient (Wildman–Crippen LogP) is 3.02. The van der Waals surface area contributed by atoms with Crippen LogP contribution in [0.3, 0.4) is 0 Å². The van der Waals surface area contributed by atoms with Crippen molar-refractivity contribution in [1.82, 2.24) is 19.6 Å². The average molecular weight is 343 g/mol.